The van der Waals surface area contributed by atoms with Gasteiger partial charge < -0.3 is 5.73 Å². The minimum Gasteiger partial charge on any atom is -0.396 e. The molecule has 0 aliphatic rings. The summed E-state index contributed by atoms with van der Waals surface area (Å²) in [7, 11) is 0. The molecule has 0 aliphatic carbocycles. The maximum atomic E-state index is 12.4. The van der Waals surface area contributed by atoms with Crippen LogP contribution in [0, 0.1) is 11.6 Å². The van der Waals surface area contributed by atoms with Gasteiger partial charge in [-0.05, 0) is 12.1 Å². The molecule has 1 nitrogen and oxygen atoms in total. The molecule has 0 amide bonds. The number of nitrogen functional groups attached to an aromatic ring is 1. The van der Waals surface area contributed by atoms with E-state index in [0.29, 0.717) is 6.07 Å². The summed E-state index contributed by atoms with van der Waals surface area (Å²) in [4.78, 5) is 0. The first kappa shape index (κ1) is 4.73. The van der Waals surface area contributed by atoms with Gasteiger partial charge >= 0.3 is 0 Å². The first-order chi connectivity index (χ1) is 4.61. The Morgan fingerprint density at radius 2 is 2.22 bits per heavy atom. The second-order valence-electron chi connectivity index (χ2n) is 1.58. The molecule has 0 fully saturated rings. The molecule has 1 rings (SSSR count). The van der Waals surface area contributed by atoms with Crippen molar-refractivity contribution in [2.75, 3.05) is 5.73 Å². The molecule has 2 N–H and O–H groups in total. The molecule has 0 spiro atoms. The van der Waals surface area contributed by atoms with Crippen LogP contribution < -0.4 is 5.73 Å². The molecule has 0 saturated heterocycles. The van der Waals surface area contributed by atoms with Gasteiger partial charge in [-0.1, -0.05) is 0 Å². The Kier molecular flexibility index (Phi) is 1.06. The number of nitrogens with two attached hydrogens (primary N) is 1. The van der Waals surface area contributed by atoms with E-state index in [4.69, 9.17) is 7.10 Å². The number of hydrogen-bond donors (Lipinski definition) is 1. The minimum absolute atomic E-state index is 0.318. The van der Waals surface area contributed by atoms with Crippen molar-refractivity contribution in [2.45, 2.75) is 0 Å². The van der Waals surface area contributed by atoms with Gasteiger partial charge in [0.25, 0.3) is 0 Å². The molecule has 0 unspecified atom stereocenters. The SMILES string of the molecule is [2H]c1cc(F)cc(F)c1N. The second-order valence-corrected chi connectivity index (χ2v) is 1.58. The van der Waals surface area contributed by atoms with E-state index in [-0.39, 0.29) is 11.7 Å². The molecule has 9 heavy (non-hydrogen) atoms. The van der Waals surface area contributed by atoms with Crippen molar-refractivity contribution in [3.63, 3.8) is 0 Å². The van der Waals surface area contributed by atoms with Crippen LogP contribution in [0.2, 0.25) is 0 Å². The summed E-state index contributed by atoms with van der Waals surface area (Å²) in [5, 5.41) is 0. The zero-order valence-corrected chi connectivity index (χ0v) is 4.49. The van der Waals surface area contributed by atoms with E-state index in [2.05, 4.69) is 0 Å². The highest BCUT2D eigenvalue weighted by molar-refractivity contribution is 5.38. The van der Waals surface area contributed by atoms with Crippen molar-refractivity contribution >= 4 is 5.69 Å². The van der Waals surface area contributed by atoms with E-state index < -0.39 is 11.6 Å². The van der Waals surface area contributed by atoms with E-state index in [1.54, 1.807) is 0 Å². The summed E-state index contributed by atoms with van der Waals surface area (Å²) in [6, 6.07) is 1.18. The normalized spacial score (nSPS) is 11.1. The van der Waals surface area contributed by atoms with Gasteiger partial charge in [0.15, 0.2) is 0 Å². The predicted molar refractivity (Wildman–Crippen MR) is 30.8 cm³/mol. The van der Waals surface area contributed by atoms with Crippen LogP contribution in [0.25, 0.3) is 0 Å². The first-order valence-corrected chi connectivity index (χ1v) is 2.32. The lowest BCUT2D eigenvalue weighted by molar-refractivity contribution is 0.586. The number of rotatable bonds is 0. The fourth-order valence-electron chi connectivity index (χ4n) is 0.456. The Morgan fingerprint density at radius 3 is 2.78 bits per heavy atom. The van der Waals surface area contributed by atoms with E-state index in [9.17, 15) is 8.78 Å². The zero-order valence-electron chi connectivity index (χ0n) is 5.49. The summed E-state index contributed by atoms with van der Waals surface area (Å²) in [5.41, 5.74) is 4.70. The molecule has 0 bridgehead atoms. The third-order valence-electron chi connectivity index (χ3n) is 0.887. The average Bonchev–Trinajstić information content (AvgIpc) is 1.82. The van der Waals surface area contributed by atoms with Crippen LogP contribution in [0.5, 0.6) is 0 Å². The van der Waals surface area contributed by atoms with Crippen molar-refractivity contribution in [2.24, 2.45) is 0 Å². The summed E-state index contributed by atoms with van der Waals surface area (Å²) in [6.07, 6.45) is 0. The maximum absolute atomic E-state index is 12.4. The number of halogens is 2. The fraction of sp³-hybridized carbons (Fsp3) is 0. The molecule has 3 heteroatoms. The Labute approximate surface area is 52.5 Å². The molecule has 1 aromatic rings. The number of benzene rings is 1. The van der Waals surface area contributed by atoms with Crippen molar-refractivity contribution in [3.8, 4) is 0 Å². The fourth-order valence-corrected chi connectivity index (χ4v) is 0.456. The standard InChI is InChI=1S/C6H5F2N/c7-4-1-2-6(9)5(8)3-4/h1-3H,9H2/i2D. The van der Waals surface area contributed by atoms with Gasteiger partial charge in [-0.15, -0.1) is 0 Å². The molecule has 1 aromatic carbocycles. The van der Waals surface area contributed by atoms with Gasteiger partial charge in [-0.25, -0.2) is 8.78 Å². The molecule has 0 radical (unpaired) electrons. The van der Waals surface area contributed by atoms with Crippen LogP contribution >= 0.6 is 0 Å². The van der Waals surface area contributed by atoms with Gasteiger partial charge in [-0.2, -0.15) is 0 Å². The van der Waals surface area contributed by atoms with E-state index in [1.165, 1.54) is 0 Å². The van der Waals surface area contributed by atoms with E-state index in [0.717, 1.165) is 6.07 Å². The highest BCUT2D eigenvalue weighted by atomic mass is 19.1. The summed E-state index contributed by atoms with van der Waals surface area (Å²) >= 11 is 0. The van der Waals surface area contributed by atoms with Crippen LogP contribution in [-0.4, -0.2) is 0 Å². The van der Waals surface area contributed by atoms with Crippen molar-refractivity contribution in [1.82, 2.24) is 0 Å². The van der Waals surface area contributed by atoms with Crippen LogP contribution in [0.3, 0.4) is 0 Å². The lowest BCUT2D eigenvalue weighted by Crippen LogP contribution is -1.89. The third-order valence-corrected chi connectivity index (χ3v) is 0.887. The summed E-state index contributed by atoms with van der Waals surface area (Å²) in [6.45, 7) is 0. The highest BCUT2D eigenvalue weighted by Gasteiger charge is 1.96. The van der Waals surface area contributed by atoms with Crippen LogP contribution in [0.15, 0.2) is 18.2 Å². The van der Waals surface area contributed by atoms with Gasteiger partial charge in [0, 0.05) is 6.07 Å². The monoisotopic (exact) mass is 130 g/mol. The highest BCUT2D eigenvalue weighted by Crippen LogP contribution is 2.09. The summed E-state index contributed by atoms with van der Waals surface area (Å²) in [5.74, 6) is -1.67. The molecular weight excluding hydrogens is 124 g/mol. The van der Waals surface area contributed by atoms with Crippen molar-refractivity contribution in [3.05, 3.63) is 29.8 Å². The van der Waals surface area contributed by atoms with Gasteiger partial charge in [-0.3, -0.25) is 0 Å². The van der Waals surface area contributed by atoms with Gasteiger partial charge in [0.2, 0.25) is 0 Å². The Bertz CT molecular complexity index is 239. The second kappa shape index (κ2) is 2.01. The molecule has 0 saturated carbocycles. The smallest absolute Gasteiger partial charge is 0.148 e. The van der Waals surface area contributed by atoms with Gasteiger partial charge in [0.1, 0.15) is 11.6 Å². The number of hydrogen-bond acceptors (Lipinski definition) is 1. The minimum atomic E-state index is -0.884. The quantitative estimate of drug-likeness (QED) is 0.530. The largest absolute Gasteiger partial charge is 0.396 e. The molecule has 48 valence electrons. The van der Waals surface area contributed by atoms with E-state index in [1.807, 2.05) is 0 Å². The number of anilines is 1. The molecule has 0 heterocycles. The summed E-state index contributed by atoms with van der Waals surface area (Å²) < 4.78 is 31.4. The molecule has 0 aliphatic heterocycles. The lowest BCUT2D eigenvalue weighted by Gasteiger charge is -1.92. The molecule has 0 aromatic heterocycles. The van der Waals surface area contributed by atoms with Crippen molar-refractivity contribution in [1.29, 1.82) is 0 Å². The lowest BCUT2D eigenvalue weighted by atomic mass is 10.3. The van der Waals surface area contributed by atoms with Crippen molar-refractivity contribution < 1.29 is 10.2 Å². The third kappa shape index (κ3) is 1.16. The van der Waals surface area contributed by atoms with E-state index >= 15 is 0 Å². The Hall–Kier alpha value is -1.12. The van der Waals surface area contributed by atoms with Gasteiger partial charge in [0.05, 0.1) is 7.06 Å². The zero-order chi connectivity index (χ0) is 7.72. The topological polar surface area (TPSA) is 26.0 Å². The molecular formula is C6H5F2N. The van der Waals surface area contributed by atoms with Crippen LogP contribution in [0.4, 0.5) is 14.5 Å². The van der Waals surface area contributed by atoms with Crippen LogP contribution in [0.1, 0.15) is 1.37 Å². The average molecular weight is 130 g/mol. The van der Waals surface area contributed by atoms with Crippen LogP contribution in [-0.2, 0) is 0 Å². The Morgan fingerprint density at radius 1 is 1.56 bits per heavy atom. The molecule has 0 atom stereocenters. The first-order valence-electron chi connectivity index (χ1n) is 2.82. The maximum Gasteiger partial charge on any atom is 0.148 e. The Balaban J connectivity index is 3.31. The predicted octanol–water partition coefficient (Wildman–Crippen LogP) is 1.55.